The number of rotatable bonds is 3. The number of hydrogen-bond acceptors (Lipinski definition) is 6. The lowest BCUT2D eigenvalue weighted by molar-refractivity contribution is 0.0498. The molecule has 0 radical (unpaired) electrons. The fourth-order valence-electron chi connectivity index (χ4n) is 2.12. The van der Waals surface area contributed by atoms with Gasteiger partial charge >= 0.3 is 5.97 Å². The number of carbonyl (C=O) groups is 1. The molecule has 1 aliphatic rings. The van der Waals surface area contributed by atoms with Gasteiger partial charge in [0.15, 0.2) is 10.8 Å². The highest BCUT2D eigenvalue weighted by Gasteiger charge is 2.27. The van der Waals surface area contributed by atoms with E-state index in [-0.39, 0.29) is 12.1 Å². The van der Waals surface area contributed by atoms with Crippen molar-refractivity contribution in [2.24, 2.45) is 5.92 Å². The molecule has 1 fully saturated rings. The maximum atomic E-state index is 11.4. The van der Waals surface area contributed by atoms with Crippen molar-refractivity contribution >= 4 is 22.4 Å². The minimum absolute atomic E-state index is 0.226. The molecule has 2 heterocycles. The summed E-state index contributed by atoms with van der Waals surface area (Å²) in [7, 11) is 3.11. The number of ether oxygens (including phenoxy) is 2. The number of carbonyl (C=O) groups excluding carboxylic acids is 1. The molecular formula is C12H18N2O3S. The SMILES string of the molecule is COC(=O)c1csc(N2CCC(C)C(OC)C2)n1. The Hall–Kier alpha value is -1.14. The molecule has 1 aromatic heterocycles. The molecule has 2 atom stereocenters. The van der Waals surface area contributed by atoms with Crippen LogP contribution in [-0.2, 0) is 9.47 Å². The van der Waals surface area contributed by atoms with Gasteiger partial charge in [-0.1, -0.05) is 6.92 Å². The molecule has 0 N–H and O–H groups in total. The zero-order chi connectivity index (χ0) is 13.1. The van der Waals surface area contributed by atoms with Crippen LogP contribution in [-0.4, -0.2) is 44.4 Å². The van der Waals surface area contributed by atoms with Crippen LogP contribution in [0, 0.1) is 5.92 Å². The Balaban J connectivity index is 2.07. The molecule has 18 heavy (non-hydrogen) atoms. The van der Waals surface area contributed by atoms with Crippen LogP contribution in [0.25, 0.3) is 0 Å². The first kappa shape index (κ1) is 13.3. The highest BCUT2D eigenvalue weighted by atomic mass is 32.1. The summed E-state index contributed by atoms with van der Waals surface area (Å²) in [5, 5.41) is 2.60. The first-order valence-corrected chi connectivity index (χ1v) is 6.85. The normalized spacial score (nSPS) is 24.1. The van der Waals surface area contributed by atoms with E-state index in [0.717, 1.165) is 24.6 Å². The second-order valence-corrected chi connectivity index (χ2v) is 5.33. The van der Waals surface area contributed by atoms with Gasteiger partial charge in [-0.15, -0.1) is 11.3 Å². The minimum Gasteiger partial charge on any atom is -0.464 e. The third-order valence-electron chi connectivity index (χ3n) is 3.35. The second kappa shape index (κ2) is 5.67. The van der Waals surface area contributed by atoms with Crippen LogP contribution in [0.2, 0.25) is 0 Å². The quantitative estimate of drug-likeness (QED) is 0.784. The summed E-state index contributed by atoms with van der Waals surface area (Å²) in [6.45, 7) is 3.98. The summed E-state index contributed by atoms with van der Waals surface area (Å²) in [5.74, 6) is 0.178. The lowest BCUT2D eigenvalue weighted by Crippen LogP contribution is -2.43. The van der Waals surface area contributed by atoms with E-state index in [9.17, 15) is 4.79 Å². The van der Waals surface area contributed by atoms with E-state index in [2.05, 4.69) is 21.5 Å². The van der Waals surface area contributed by atoms with Gasteiger partial charge in [-0.3, -0.25) is 0 Å². The fourth-order valence-corrected chi connectivity index (χ4v) is 2.95. The lowest BCUT2D eigenvalue weighted by Gasteiger charge is -2.35. The fraction of sp³-hybridized carbons (Fsp3) is 0.667. The monoisotopic (exact) mass is 270 g/mol. The van der Waals surface area contributed by atoms with Gasteiger partial charge in [0, 0.05) is 25.6 Å². The standard InChI is InChI=1S/C12H18N2O3S/c1-8-4-5-14(6-10(8)16-2)12-13-9(7-18-12)11(15)17-3/h7-8,10H,4-6H2,1-3H3. The van der Waals surface area contributed by atoms with Gasteiger partial charge in [-0.2, -0.15) is 0 Å². The van der Waals surface area contributed by atoms with Crippen LogP contribution in [0.5, 0.6) is 0 Å². The van der Waals surface area contributed by atoms with E-state index >= 15 is 0 Å². The van der Waals surface area contributed by atoms with Gasteiger partial charge in [-0.25, -0.2) is 9.78 Å². The molecule has 0 amide bonds. The van der Waals surface area contributed by atoms with Crippen LogP contribution >= 0.6 is 11.3 Å². The molecule has 0 saturated carbocycles. The molecule has 5 nitrogen and oxygen atoms in total. The first-order chi connectivity index (χ1) is 8.65. The molecule has 100 valence electrons. The Morgan fingerprint density at radius 3 is 3.00 bits per heavy atom. The number of methoxy groups -OCH3 is 2. The molecular weight excluding hydrogens is 252 g/mol. The number of aromatic nitrogens is 1. The molecule has 1 saturated heterocycles. The van der Waals surface area contributed by atoms with Crippen molar-refractivity contribution in [2.45, 2.75) is 19.4 Å². The number of hydrogen-bond donors (Lipinski definition) is 0. The smallest absolute Gasteiger partial charge is 0.357 e. The van der Waals surface area contributed by atoms with Crippen molar-refractivity contribution in [1.29, 1.82) is 0 Å². The number of thiazole rings is 1. The Labute approximate surface area is 111 Å². The molecule has 0 spiro atoms. The molecule has 0 bridgehead atoms. The lowest BCUT2D eigenvalue weighted by atomic mass is 9.96. The minimum atomic E-state index is -0.383. The number of esters is 1. The van der Waals surface area contributed by atoms with E-state index in [1.807, 2.05) is 0 Å². The molecule has 6 heteroatoms. The van der Waals surface area contributed by atoms with Gasteiger partial charge in [0.05, 0.1) is 13.2 Å². The van der Waals surface area contributed by atoms with Crippen LogP contribution in [0.3, 0.4) is 0 Å². The average Bonchev–Trinajstić information content (AvgIpc) is 2.88. The van der Waals surface area contributed by atoms with Gasteiger partial charge in [-0.05, 0) is 12.3 Å². The summed E-state index contributed by atoms with van der Waals surface area (Å²) in [5.41, 5.74) is 0.380. The summed E-state index contributed by atoms with van der Waals surface area (Å²) < 4.78 is 10.1. The predicted octanol–water partition coefficient (Wildman–Crippen LogP) is 1.79. The van der Waals surface area contributed by atoms with Crippen LogP contribution in [0.15, 0.2) is 5.38 Å². The highest BCUT2D eigenvalue weighted by Crippen LogP contribution is 2.27. The topological polar surface area (TPSA) is 51.7 Å². The maximum absolute atomic E-state index is 11.4. The molecule has 0 aliphatic carbocycles. The van der Waals surface area contributed by atoms with Gasteiger partial charge in [0.2, 0.25) is 0 Å². The van der Waals surface area contributed by atoms with E-state index < -0.39 is 0 Å². The first-order valence-electron chi connectivity index (χ1n) is 5.97. The number of anilines is 1. The van der Waals surface area contributed by atoms with Gasteiger partial charge < -0.3 is 14.4 Å². The van der Waals surface area contributed by atoms with Crippen LogP contribution in [0.1, 0.15) is 23.8 Å². The zero-order valence-corrected chi connectivity index (χ0v) is 11.7. The van der Waals surface area contributed by atoms with Crippen molar-refractivity contribution < 1.29 is 14.3 Å². The van der Waals surface area contributed by atoms with Crippen molar-refractivity contribution in [3.8, 4) is 0 Å². The van der Waals surface area contributed by atoms with Crippen molar-refractivity contribution in [1.82, 2.24) is 4.98 Å². The maximum Gasteiger partial charge on any atom is 0.357 e. The summed E-state index contributed by atoms with van der Waals surface area (Å²) >= 11 is 1.47. The van der Waals surface area contributed by atoms with E-state index in [0.29, 0.717) is 11.6 Å². The Morgan fingerprint density at radius 2 is 2.33 bits per heavy atom. The summed E-state index contributed by atoms with van der Waals surface area (Å²) in [6.07, 6.45) is 1.30. The van der Waals surface area contributed by atoms with E-state index in [1.54, 1.807) is 12.5 Å². The Kier molecular flexibility index (Phi) is 4.19. The van der Waals surface area contributed by atoms with Gasteiger partial charge in [0.25, 0.3) is 0 Å². The van der Waals surface area contributed by atoms with Crippen LogP contribution in [0.4, 0.5) is 5.13 Å². The molecule has 0 aromatic carbocycles. The molecule has 1 aliphatic heterocycles. The van der Waals surface area contributed by atoms with Crippen molar-refractivity contribution in [3.05, 3.63) is 11.1 Å². The summed E-state index contributed by atoms with van der Waals surface area (Å²) in [4.78, 5) is 17.8. The highest BCUT2D eigenvalue weighted by molar-refractivity contribution is 7.13. The zero-order valence-electron chi connectivity index (χ0n) is 10.9. The molecule has 1 aromatic rings. The second-order valence-electron chi connectivity index (χ2n) is 4.49. The third kappa shape index (κ3) is 2.64. The van der Waals surface area contributed by atoms with E-state index in [1.165, 1.54) is 18.4 Å². The van der Waals surface area contributed by atoms with Crippen LogP contribution < -0.4 is 4.90 Å². The molecule has 2 unspecified atom stereocenters. The third-order valence-corrected chi connectivity index (χ3v) is 4.25. The average molecular weight is 270 g/mol. The van der Waals surface area contributed by atoms with Gasteiger partial charge in [0.1, 0.15) is 0 Å². The summed E-state index contributed by atoms with van der Waals surface area (Å²) in [6, 6.07) is 0. The van der Waals surface area contributed by atoms with Crippen molar-refractivity contribution in [2.75, 3.05) is 32.2 Å². The number of piperidine rings is 1. The Morgan fingerprint density at radius 1 is 1.56 bits per heavy atom. The largest absolute Gasteiger partial charge is 0.464 e. The number of nitrogens with zero attached hydrogens (tertiary/aromatic N) is 2. The Bertz CT molecular complexity index is 421. The van der Waals surface area contributed by atoms with Crippen molar-refractivity contribution in [3.63, 3.8) is 0 Å². The molecule has 2 rings (SSSR count). The predicted molar refractivity (Wildman–Crippen MR) is 70.2 cm³/mol. The van der Waals surface area contributed by atoms with E-state index in [4.69, 9.17) is 4.74 Å².